The van der Waals surface area contributed by atoms with Crippen molar-refractivity contribution < 1.29 is 24.2 Å². The van der Waals surface area contributed by atoms with Gasteiger partial charge in [0.1, 0.15) is 18.1 Å². The summed E-state index contributed by atoms with van der Waals surface area (Å²) in [5, 5.41) is 13.5. The Bertz CT molecular complexity index is 326. The normalized spacial score (nSPS) is 36.9. The van der Waals surface area contributed by atoms with Gasteiger partial charge in [0, 0.05) is 19.4 Å². The van der Waals surface area contributed by atoms with Gasteiger partial charge in [0.15, 0.2) is 0 Å². The second kappa shape index (κ2) is 5.67. The zero-order valence-electron chi connectivity index (χ0n) is 10.4. The molecule has 2 N–H and O–H groups in total. The van der Waals surface area contributed by atoms with Gasteiger partial charge in [0.2, 0.25) is 0 Å². The molecule has 4 atom stereocenters. The summed E-state index contributed by atoms with van der Waals surface area (Å²) in [6.07, 6.45) is 0.472. The molecular formula is C12H19NO5. The summed E-state index contributed by atoms with van der Waals surface area (Å²) in [5.74, 6) is -1.51. The molecule has 0 bridgehead atoms. The largest absolute Gasteiger partial charge is 0.465 e. The molecule has 2 aliphatic heterocycles. The van der Waals surface area contributed by atoms with E-state index in [0.717, 1.165) is 19.4 Å². The van der Waals surface area contributed by atoms with Gasteiger partial charge in [-0.3, -0.25) is 9.59 Å². The maximum atomic E-state index is 11.9. The van der Waals surface area contributed by atoms with Crippen LogP contribution in [0.1, 0.15) is 26.2 Å². The molecule has 0 saturated carbocycles. The summed E-state index contributed by atoms with van der Waals surface area (Å²) < 4.78 is 10.2. The second-order valence-corrected chi connectivity index (χ2v) is 4.82. The third-order valence-electron chi connectivity index (χ3n) is 3.52. The molecule has 2 heterocycles. The van der Waals surface area contributed by atoms with Crippen molar-refractivity contribution in [2.45, 2.75) is 44.4 Å². The highest BCUT2D eigenvalue weighted by Crippen LogP contribution is 2.26. The molecule has 0 unspecified atom stereocenters. The summed E-state index contributed by atoms with van der Waals surface area (Å²) in [7, 11) is 0. The van der Waals surface area contributed by atoms with Crippen molar-refractivity contribution in [3.8, 4) is 0 Å². The molecule has 0 amide bonds. The van der Waals surface area contributed by atoms with Crippen molar-refractivity contribution >= 4 is 11.9 Å². The maximum absolute atomic E-state index is 11.9. The molecule has 0 aromatic heterocycles. The Hall–Kier alpha value is -1.14. The number of rotatable bonds is 2. The van der Waals surface area contributed by atoms with E-state index in [9.17, 15) is 14.7 Å². The number of nitrogens with one attached hydrogen (secondary N) is 1. The van der Waals surface area contributed by atoms with E-state index in [1.165, 1.54) is 6.92 Å². The van der Waals surface area contributed by atoms with E-state index in [2.05, 4.69) is 5.32 Å². The average molecular weight is 257 g/mol. The third kappa shape index (κ3) is 2.81. The van der Waals surface area contributed by atoms with Crippen LogP contribution in [0.15, 0.2) is 0 Å². The van der Waals surface area contributed by atoms with Gasteiger partial charge >= 0.3 is 11.9 Å². The van der Waals surface area contributed by atoms with E-state index in [0.29, 0.717) is 6.42 Å². The average Bonchev–Trinajstić information content (AvgIpc) is 2.76. The predicted molar refractivity (Wildman–Crippen MR) is 61.7 cm³/mol. The monoisotopic (exact) mass is 257 g/mol. The van der Waals surface area contributed by atoms with Crippen molar-refractivity contribution in [2.75, 3.05) is 13.2 Å². The number of cyclic esters (lactones) is 1. The number of aliphatic hydroxyl groups is 1. The van der Waals surface area contributed by atoms with Crippen LogP contribution in [0.4, 0.5) is 0 Å². The van der Waals surface area contributed by atoms with Crippen LogP contribution in [0.3, 0.4) is 0 Å². The van der Waals surface area contributed by atoms with Crippen LogP contribution >= 0.6 is 0 Å². The van der Waals surface area contributed by atoms with Crippen LogP contribution in [-0.4, -0.2) is 48.4 Å². The van der Waals surface area contributed by atoms with Gasteiger partial charge in [0.05, 0.1) is 6.61 Å². The second-order valence-electron chi connectivity index (χ2n) is 4.82. The van der Waals surface area contributed by atoms with E-state index in [1.54, 1.807) is 0 Å². The molecule has 6 heteroatoms. The minimum absolute atomic E-state index is 0.0938. The van der Waals surface area contributed by atoms with Crippen LogP contribution in [0, 0.1) is 5.92 Å². The van der Waals surface area contributed by atoms with Gasteiger partial charge < -0.3 is 19.9 Å². The number of hydrogen-bond acceptors (Lipinski definition) is 6. The molecule has 2 aliphatic rings. The Morgan fingerprint density at radius 3 is 2.89 bits per heavy atom. The van der Waals surface area contributed by atoms with Crippen molar-refractivity contribution in [2.24, 2.45) is 5.92 Å². The molecule has 0 radical (unpaired) electrons. The topological polar surface area (TPSA) is 84.9 Å². The molecule has 0 aromatic carbocycles. The van der Waals surface area contributed by atoms with E-state index < -0.39 is 30.1 Å². The van der Waals surface area contributed by atoms with Gasteiger partial charge in [-0.15, -0.1) is 0 Å². The van der Waals surface area contributed by atoms with Crippen LogP contribution in [0.2, 0.25) is 0 Å². The molecular weight excluding hydrogens is 238 g/mol. The fourth-order valence-corrected chi connectivity index (χ4v) is 2.68. The number of aliphatic hydroxyl groups excluding tert-OH is 1. The van der Waals surface area contributed by atoms with Crippen LogP contribution in [0.25, 0.3) is 0 Å². The summed E-state index contributed by atoms with van der Waals surface area (Å²) in [6.45, 7) is 2.31. The number of hydrogen-bond donors (Lipinski definition) is 2. The highest BCUT2D eigenvalue weighted by atomic mass is 16.6. The number of ether oxygens (including phenoxy) is 2. The van der Waals surface area contributed by atoms with Crippen molar-refractivity contribution in [3.63, 3.8) is 0 Å². The van der Waals surface area contributed by atoms with Gasteiger partial charge in [-0.25, -0.2) is 0 Å². The molecule has 0 aromatic rings. The van der Waals surface area contributed by atoms with E-state index in [4.69, 9.17) is 9.47 Å². The van der Waals surface area contributed by atoms with Crippen LogP contribution in [-0.2, 0) is 19.1 Å². The summed E-state index contributed by atoms with van der Waals surface area (Å²) in [4.78, 5) is 22.9. The van der Waals surface area contributed by atoms with Crippen molar-refractivity contribution in [3.05, 3.63) is 0 Å². The van der Waals surface area contributed by atoms with Crippen LogP contribution in [0.5, 0.6) is 0 Å². The number of esters is 2. The number of carbonyl (C=O) groups is 2. The van der Waals surface area contributed by atoms with E-state index >= 15 is 0 Å². The summed E-state index contributed by atoms with van der Waals surface area (Å²) >= 11 is 0. The first-order chi connectivity index (χ1) is 8.59. The minimum atomic E-state index is -1.00. The van der Waals surface area contributed by atoms with Crippen molar-refractivity contribution in [1.82, 2.24) is 5.32 Å². The molecule has 0 aliphatic carbocycles. The Morgan fingerprint density at radius 1 is 1.50 bits per heavy atom. The zero-order valence-corrected chi connectivity index (χ0v) is 10.4. The lowest BCUT2D eigenvalue weighted by atomic mass is 9.89. The number of carbonyl (C=O) groups excluding carboxylic acids is 2. The molecule has 102 valence electrons. The van der Waals surface area contributed by atoms with Gasteiger partial charge in [-0.05, 0) is 19.4 Å². The molecule has 6 nitrogen and oxygen atoms in total. The lowest BCUT2D eigenvalue weighted by molar-refractivity contribution is -0.159. The smallest absolute Gasteiger partial charge is 0.313 e. The highest BCUT2D eigenvalue weighted by molar-refractivity contribution is 5.74. The van der Waals surface area contributed by atoms with E-state index in [1.807, 2.05) is 0 Å². The maximum Gasteiger partial charge on any atom is 0.313 e. The van der Waals surface area contributed by atoms with Gasteiger partial charge in [-0.2, -0.15) is 0 Å². The first-order valence-electron chi connectivity index (χ1n) is 6.35. The lowest BCUT2D eigenvalue weighted by Crippen LogP contribution is -2.47. The highest BCUT2D eigenvalue weighted by Gasteiger charge is 2.43. The first kappa shape index (κ1) is 13.3. The standard InChI is InChI=1S/C12H19NO5/c1-7(14)18-9-4-6-17-12(16)10(11(9)15)8-3-2-5-13-8/h8-11,13,15H,2-6H2,1H3/t8-,9+,10-,11-/m1/s1. The zero-order chi connectivity index (χ0) is 13.1. The Labute approximate surface area is 106 Å². The fraction of sp³-hybridized carbons (Fsp3) is 0.833. The van der Waals surface area contributed by atoms with Gasteiger partial charge in [-0.1, -0.05) is 0 Å². The third-order valence-corrected chi connectivity index (χ3v) is 3.52. The molecule has 0 spiro atoms. The molecule has 18 heavy (non-hydrogen) atoms. The molecule has 2 fully saturated rings. The first-order valence-corrected chi connectivity index (χ1v) is 6.35. The molecule has 2 rings (SSSR count). The fourth-order valence-electron chi connectivity index (χ4n) is 2.68. The Kier molecular flexibility index (Phi) is 4.19. The van der Waals surface area contributed by atoms with E-state index in [-0.39, 0.29) is 12.6 Å². The Balaban J connectivity index is 2.12. The summed E-state index contributed by atoms with van der Waals surface area (Å²) in [5.41, 5.74) is 0. The van der Waals surface area contributed by atoms with Gasteiger partial charge in [0.25, 0.3) is 0 Å². The quantitative estimate of drug-likeness (QED) is 0.654. The summed E-state index contributed by atoms with van der Waals surface area (Å²) in [6, 6.07) is -0.0938. The van der Waals surface area contributed by atoms with Crippen LogP contribution < -0.4 is 5.32 Å². The predicted octanol–water partition coefficient (Wildman–Crippen LogP) is -0.406. The lowest BCUT2D eigenvalue weighted by Gasteiger charge is -2.28. The molecule has 2 saturated heterocycles. The minimum Gasteiger partial charge on any atom is -0.465 e. The Morgan fingerprint density at radius 2 is 2.28 bits per heavy atom. The van der Waals surface area contributed by atoms with Crippen molar-refractivity contribution in [1.29, 1.82) is 0 Å². The SMILES string of the molecule is CC(=O)O[C@H]1CCOC(=O)[C@H]([C@H]2CCCN2)[C@@H]1O.